The number of hydrogen-bond donors (Lipinski definition) is 1. The Morgan fingerprint density at radius 3 is 2.31 bits per heavy atom. The number of amides is 1. The number of carbonyl (C=O) groups is 1. The minimum Gasteiger partial charge on any atom is -0.326 e. The molecule has 0 aromatic heterocycles. The van der Waals surface area contributed by atoms with E-state index in [0.29, 0.717) is 25.3 Å². The molecule has 2 aliphatic rings. The third-order valence-electron chi connectivity index (χ3n) is 6.27. The first kappa shape index (κ1) is 23.2. The van der Waals surface area contributed by atoms with Crippen molar-refractivity contribution in [3.8, 4) is 0 Å². The number of likely N-dealkylation sites (tertiary alicyclic amines) is 1. The maximum atomic E-state index is 12.9. The SMILES string of the molecule is O=C(Nc1ccc(S(=O)(=O)N2CCCCC2)cc1)C1CCCN(Cc2ccc(Cl)cc2)C1. The van der Waals surface area contributed by atoms with E-state index in [2.05, 4.69) is 10.2 Å². The van der Waals surface area contributed by atoms with E-state index in [-0.39, 0.29) is 16.7 Å². The minimum absolute atomic E-state index is 0.0163. The average molecular weight is 476 g/mol. The fourth-order valence-corrected chi connectivity index (χ4v) is 6.11. The van der Waals surface area contributed by atoms with Gasteiger partial charge in [0.15, 0.2) is 0 Å². The van der Waals surface area contributed by atoms with E-state index in [9.17, 15) is 13.2 Å². The molecule has 32 heavy (non-hydrogen) atoms. The molecule has 2 fully saturated rings. The third-order valence-corrected chi connectivity index (χ3v) is 8.44. The Labute approximate surface area is 195 Å². The van der Waals surface area contributed by atoms with Crippen molar-refractivity contribution in [3.63, 3.8) is 0 Å². The first-order valence-electron chi connectivity index (χ1n) is 11.3. The second-order valence-corrected chi connectivity index (χ2v) is 11.1. The number of piperidine rings is 2. The third kappa shape index (κ3) is 5.70. The first-order chi connectivity index (χ1) is 15.4. The molecule has 1 unspecified atom stereocenters. The summed E-state index contributed by atoms with van der Waals surface area (Å²) in [7, 11) is -3.46. The number of rotatable bonds is 6. The molecule has 2 heterocycles. The maximum absolute atomic E-state index is 12.9. The van der Waals surface area contributed by atoms with Gasteiger partial charge in [-0.1, -0.05) is 30.2 Å². The number of benzene rings is 2. The van der Waals surface area contributed by atoms with Crippen LogP contribution in [0.3, 0.4) is 0 Å². The Morgan fingerprint density at radius 2 is 1.62 bits per heavy atom. The molecule has 0 aliphatic carbocycles. The van der Waals surface area contributed by atoms with Crippen LogP contribution in [0.15, 0.2) is 53.4 Å². The summed E-state index contributed by atoms with van der Waals surface area (Å²) >= 11 is 5.97. The smallest absolute Gasteiger partial charge is 0.243 e. The maximum Gasteiger partial charge on any atom is 0.243 e. The summed E-state index contributed by atoms with van der Waals surface area (Å²) in [5.41, 5.74) is 1.81. The molecule has 8 heteroatoms. The molecule has 1 atom stereocenters. The van der Waals surface area contributed by atoms with Crippen LogP contribution in [-0.2, 0) is 21.4 Å². The predicted molar refractivity (Wildman–Crippen MR) is 127 cm³/mol. The van der Waals surface area contributed by atoms with Gasteiger partial charge < -0.3 is 5.32 Å². The highest BCUT2D eigenvalue weighted by molar-refractivity contribution is 7.89. The van der Waals surface area contributed by atoms with Gasteiger partial charge in [-0.3, -0.25) is 9.69 Å². The van der Waals surface area contributed by atoms with E-state index >= 15 is 0 Å². The van der Waals surface area contributed by atoms with Crippen molar-refractivity contribution in [2.75, 3.05) is 31.5 Å². The molecule has 0 bridgehead atoms. The summed E-state index contributed by atoms with van der Waals surface area (Å²) in [5, 5.41) is 3.69. The van der Waals surface area contributed by atoms with Gasteiger partial charge in [-0.2, -0.15) is 4.31 Å². The fourth-order valence-electron chi connectivity index (χ4n) is 4.47. The molecule has 0 radical (unpaired) electrons. The van der Waals surface area contributed by atoms with Crippen LogP contribution in [0.25, 0.3) is 0 Å². The molecule has 2 aliphatic heterocycles. The monoisotopic (exact) mass is 475 g/mol. The van der Waals surface area contributed by atoms with Crippen LogP contribution >= 0.6 is 11.6 Å². The predicted octanol–water partition coefficient (Wildman–Crippen LogP) is 4.37. The summed E-state index contributed by atoms with van der Waals surface area (Å²) in [6.45, 7) is 3.62. The zero-order valence-corrected chi connectivity index (χ0v) is 19.7. The molecule has 2 aromatic carbocycles. The summed E-state index contributed by atoms with van der Waals surface area (Å²) in [6.07, 6.45) is 4.71. The standard InChI is InChI=1S/C24H30ClN3O3S/c25-21-8-6-19(7-9-21)17-27-14-4-5-20(18-27)24(29)26-22-10-12-23(13-11-22)32(30,31)28-15-2-1-3-16-28/h6-13,20H,1-5,14-18H2,(H,26,29). The van der Waals surface area contributed by atoms with Crippen LogP contribution < -0.4 is 5.32 Å². The number of anilines is 1. The van der Waals surface area contributed by atoms with Crippen molar-refractivity contribution in [2.45, 2.75) is 43.5 Å². The van der Waals surface area contributed by atoms with Crippen LogP contribution in [0.4, 0.5) is 5.69 Å². The van der Waals surface area contributed by atoms with E-state index in [1.165, 1.54) is 5.56 Å². The molecule has 2 saturated heterocycles. The Balaban J connectivity index is 1.34. The summed E-state index contributed by atoms with van der Waals surface area (Å²) < 4.78 is 27.2. The number of hydrogen-bond acceptors (Lipinski definition) is 4. The van der Waals surface area contributed by atoms with Gasteiger partial charge in [-0.15, -0.1) is 0 Å². The van der Waals surface area contributed by atoms with Gasteiger partial charge in [0, 0.05) is 36.9 Å². The van der Waals surface area contributed by atoms with E-state index in [1.807, 2.05) is 24.3 Å². The topological polar surface area (TPSA) is 69.7 Å². The van der Waals surface area contributed by atoms with Gasteiger partial charge in [-0.25, -0.2) is 8.42 Å². The molecular formula is C24H30ClN3O3S. The first-order valence-corrected chi connectivity index (χ1v) is 13.1. The van der Waals surface area contributed by atoms with Gasteiger partial charge in [0.25, 0.3) is 0 Å². The van der Waals surface area contributed by atoms with Gasteiger partial charge in [-0.05, 0) is 74.2 Å². The van der Waals surface area contributed by atoms with Crippen molar-refractivity contribution in [1.29, 1.82) is 0 Å². The average Bonchev–Trinajstić information content (AvgIpc) is 2.82. The van der Waals surface area contributed by atoms with Crippen molar-refractivity contribution < 1.29 is 13.2 Å². The van der Waals surface area contributed by atoms with Crippen molar-refractivity contribution in [3.05, 3.63) is 59.1 Å². The molecule has 0 saturated carbocycles. The number of sulfonamides is 1. The Morgan fingerprint density at radius 1 is 0.938 bits per heavy atom. The lowest BCUT2D eigenvalue weighted by Gasteiger charge is -2.32. The highest BCUT2D eigenvalue weighted by Crippen LogP contribution is 2.24. The van der Waals surface area contributed by atoms with Gasteiger partial charge in [0.1, 0.15) is 0 Å². The van der Waals surface area contributed by atoms with Gasteiger partial charge in [0.05, 0.1) is 10.8 Å². The van der Waals surface area contributed by atoms with E-state index < -0.39 is 10.0 Å². The Kier molecular flexibility index (Phi) is 7.51. The van der Waals surface area contributed by atoms with Crippen LogP contribution in [-0.4, -0.2) is 49.7 Å². The lowest BCUT2D eigenvalue weighted by atomic mass is 9.96. The minimum atomic E-state index is -3.46. The normalized spacial score (nSPS) is 20.7. The Hall–Kier alpha value is -1.93. The second kappa shape index (κ2) is 10.3. The number of halogens is 1. The van der Waals surface area contributed by atoms with Crippen molar-refractivity contribution >= 4 is 33.2 Å². The summed E-state index contributed by atoms with van der Waals surface area (Å²) in [5.74, 6) is -0.106. The molecule has 2 aromatic rings. The zero-order chi connectivity index (χ0) is 22.6. The van der Waals surface area contributed by atoms with Crippen molar-refractivity contribution in [2.24, 2.45) is 5.92 Å². The van der Waals surface area contributed by atoms with Gasteiger partial charge in [0.2, 0.25) is 15.9 Å². The molecule has 0 spiro atoms. The van der Waals surface area contributed by atoms with E-state index in [1.54, 1.807) is 28.6 Å². The van der Waals surface area contributed by atoms with Crippen LogP contribution in [0.2, 0.25) is 5.02 Å². The van der Waals surface area contributed by atoms with E-state index in [0.717, 1.165) is 50.2 Å². The van der Waals surface area contributed by atoms with Gasteiger partial charge >= 0.3 is 0 Å². The van der Waals surface area contributed by atoms with Crippen LogP contribution in [0.5, 0.6) is 0 Å². The summed E-state index contributed by atoms with van der Waals surface area (Å²) in [6, 6.07) is 14.4. The molecule has 1 N–H and O–H groups in total. The zero-order valence-electron chi connectivity index (χ0n) is 18.2. The molecular weight excluding hydrogens is 446 g/mol. The number of carbonyl (C=O) groups excluding carboxylic acids is 1. The highest BCUT2D eigenvalue weighted by Gasteiger charge is 2.27. The lowest BCUT2D eigenvalue weighted by molar-refractivity contribution is -0.121. The van der Waals surface area contributed by atoms with Crippen LogP contribution in [0, 0.1) is 5.92 Å². The largest absolute Gasteiger partial charge is 0.326 e. The van der Waals surface area contributed by atoms with Crippen LogP contribution in [0.1, 0.15) is 37.7 Å². The molecule has 6 nitrogen and oxygen atoms in total. The second-order valence-electron chi connectivity index (χ2n) is 8.68. The molecule has 4 rings (SSSR count). The summed E-state index contributed by atoms with van der Waals surface area (Å²) in [4.78, 5) is 15.4. The quantitative estimate of drug-likeness (QED) is 0.673. The number of nitrogens with zero attached hydrogens (tertiary/aromatic N) is 2. The number of nitrogens with one attached hydrogen (secondary N) is 1. The fraction of sp³-hybridized carbons (Fsp3) is 0.458. The van der Waals surface area contributed by atoms with Crippen molar-refractivity contribution in [1.82, 2.24) is 9.21 Å². The lowest BCUT2D eigenvalue weighted by Crippen LogP contribution is -2.40. The highest BCUT2D eigenvalue weighted by atomic mass is 35.5. The molecule has 1 amide bonds. The van der Waals surface area contributed by atoms with E-state index in [4.69, 9.17) is 11.6 Å². The molecule has 172 valence electrons. The Bertz CT molecular complexity index is 1020.